The lowest BCUT2D eigenvalue weighted by atomic mass is 9.88. The first kappa shape index (κ1) is 14.6. The molecular formula is C18H26N2O. The number of fused-ring (bicyclic) bond motifs is 2. The van der Waals surface area contributed by atoms with Crippen LogP contribution in [-0.4, -0.2) is 18.0 Å². The van der Waals surface area contributed by atoms with E-state index in [0.717, 1.165) is 24.9 Å². The van der Waals surface area contributed by atoms with Crippen LogP contribution < -0.4 is 10.6 Å². The van der Waals surface area contributed by atoms with E-state index in [2.05, 4.69) is 29.7 Å². The number of carbonyl (C=O) groups excluding carboxylic acids is 1. The van der Waals surface area contributed by atoms with Crippen molar-refractivity contribution in [2.75, 3.05) is 5.32 Å². The predicted octanol–water partition coefficient (Wildman–Crippen LogP) is 3.50. The number of anilines is 1. The minimum atomic E-state index is 0.160. The van der Waals surface area contributed by atoms with Crippen LogP contribution in [0.1, 0.15) is 51.0 Å². The minimum absolute atomic E-state index is 0.160. The van der Waals surface area contributed by atoms with E-state index < -0.39 is 0 Å². The molecule has 3 atom stereocenters. The summed E-state index contributed by atoms with van der Waals surface area (Å²) in [6.45, 7) is 2.23. The van der Waals surface area contributed by atoms with Crippen LogP contribution >= 0.6 is 0 Å². The number of aryl methyl sites for hydroxylation is 1. The van der Waals surface area contributed by atoms with Crippen molar-refractivity contribution in [2.24, 2.45) is 5.92 Å². The highest BCUT2D eigenvalue weighted by Gasteiger charge is 2.42. The van der Waals surface area contributed by atoms with Crippen molar-refractivity contribution < 1.29 is 4.79 Å². The Morgan fingerprint density at radius 1 is 1.24 bits per heavy atom. The third-order valence-corrected chi connectivity index (χ3v) is 4.93. The molecule has 1 amide bonds. The van der Waals surface area contributed by atoms with Gasteiger partial charge in [0, 0.05) is 17.8 Å². The number of nitrogens with one attached hydrogen (secondary N) is 2. The van der Waals surface area contributed by atoms with Crippen molar-refractivity contribution in [1.29, 1.82) is 0 Å². The monoisotopic (exact) mass is 286 g/mol. The summed E-state index contributed by atoms with van der Waals surface area (Å²) in [7, 11) is 0. The van der Waals surface area contributed by atoms with Crippen LogP contribution in [0.15, 0.2) is 24.3 Å². The molecule has 2 aliphatic heterocycles. The zero-order valence-electron chi connectivity index (χ0n) is 12.9. The van der Waals surface area contributed by atoms with Gasteiger partial charge in [-0.2, -0.15) is 0 Å². The molecule has 3 rings (SSSR count). The van der Waals surface area contributed by atoms with Gasteiger partial charge in [-0.15, -0.1) is 0 Å². The fraction of sp³-hybridized carbons (Fsp3) is 0.611. The van der Waals surface area contributed by atoms with Crippen LogP contribution in [0.3, 0.4) is 0 Å². The number of carbonyl (C=O) groups is 1. The Morgan fingerprint density at radius 3 is 2.67 bits per heavy atom. The second kappa shape index (κ2) is 6.61. The molecule has 1 aromatic carbocycles. The average molecular weight is 286 g/mol. The number of amides is 1. The van der Waals surface area contributed by atoms with E-state index in [4.69, 9.17) is 0 Å². The van der Waals surface area contributed by atoms with E-state index in [1.165, 1.54) is 31.2 Å². The van der Waals surface area contributed by atoms with Gasteiger partial charge in [-0.3, -0.25) is 4.79 Å². The molecular weight excluding hydrogens is 260 g/mol. The highest BCUT2D eigenvalue weighted by Crippen LogP contribution is 2.33. The standard InChI is InChI=1S/C18H26N2O/c1-2-3-4-5-13-6-8-14(9-7-13)20-18(21)16-12-15-10-11-17(16)19-15/h6-9,15-17,19H,2-5,10-12H2,1H3,(H,20,21). The molecule has 2 N–H and O–H groups in total. The van der Waals surface area contributed by atoms with E-state index >= 15 is 0 Å². The van der Waals surface area contributed by atoms with Crippen molar-refractivity contribution in [1.82, 2.24) is 5.32 Å². The molecule has 0 aliphatic carbocycles. The second-order valence-corrected chi connectivity index (χ2v) is 6.53. The molecule has 2 heterocycles. The molecule has 0 saturated carbocycles. The lowest BCUT2D eigenvalue weighted by molar-refractivity contribution is -0.120. The summed E-state index contributed by atoms with van der Waals surface area (Å²) in [5.74, 6) is 0.349. The molecule has 2 fully saturated rings. The van der Waals surface area contributed by atoms with Crippen LogP contribution in [0.4, 0.5) is 5.69 Å². The molecule has 1 aromatic rings. The third kappa shape index (κ3) is 3.46. The molecule has 0 spiro atoms. The number of benzene rings is 1. The summed E-state index contributed by atoms with van der Waals surface area (Å²) in [6.07, 6.45) is 8.32. The SMILES string of the molecule is CCCCCc1ccc(NC(=O)C2CC3CCC2N3)cc1. The quantitative estimate of drug-likeness (QED) is 0.786. The number of hydrogen-bond donors (Lipinski definition) is 2. The summed E-state index contributed by atoms with van der Waals surface area (Å²) in [6, 6.07) is 9.35. The van der Waals surface area contributed by atoms with E-state index in [1.807, 2.05) is 12.1 Å². The van der Waals surface area contributed by atoms with Crippen molar-refractivity contribution >= 4 is 11.6 Å². The molecule has 0 aromatic heterocycles. The molecule has 2 bridgehead atoms. The Kier molecular flexibility index (Phi) is 4.59. The highest BCUT2D eigenvalue weighted by atomic mass is 16.2. The first-order valence-electron chi connectivity index (χ1n) is 8.42. The van der Waals surface area contributed by atoms with Gasteiger partial charge in [0.25, 0.3) is 0 Å². The predicted molar refractivity (Wildman–Crippen MR) is 86.4 cm³/mol. The van der Waals surface area contributed by atoms with Crippen LogP contribution in [-0.2, 0) is 11.2 Å². The van der Waals surface area contributed by atoms with Crippen molar-refractivity contribution in [3.8, 4) is 0 Å². The maximum Gasteiger partial charge on any atom is 0.229 e. The smallest absolute Gasteiger partial charge is 0.229 e. The Hall–Kier alpha value is -1.35. The van der Waals surface area contributed by atoms with Gasteiger partial charge in [0.1, 0.15) is 0 Å². The van der Waals surface area contributed by atoms with Gasteiger partial charge in [0.2, 0.25) is 5.91 Å². The zero-order chi connectivity index (χ0) is 14.7. The van der Waals surface area contributed by atoms with Crippen LogP contribution in [0, 0.1) is 5.92 Å². The Bertz CT molecular complexity index is 482. The molecule has 2 aliphatic rings. The molecule has 3 heteroatoms. The van der Waals surface area contributed by atoms with Crippen molar-refractivity contribution in [3.05, 3.63) is 29.8 Å². The Morgan fingerprint density at radius 2 is 2.05 bits per heavy atom. The maximum absolute atomic E-state index is 12.3. The Labute approximate surface area is 127 Å². The molecule has 114 valence electrons. The van der Waals surface area contributed by atoms with Gasteiger partial charge in [0.05, 0.1) is 5.92 Å². The van der Waals surface area contributed by atoms with Crippen molar-refractivity contribution in [3.63, 3.8) is 0 Å². The second-order valence-electron chi connectivity index (χ2n) is 6.53. The molecule has 3 unspecified atom stereocenters. The van der Waals surface area contributed by atoms with Gasteiger partial charge in [-0.25, -0.2) is 0 Å². The summed E-state index contributed by atoms with van der Waals surface area (Å²) >= 11 is 0. The third-order valence-electron chi connectivity index (χ3n) is 4.93. The van der Waals surface area contributed by atoms with E-state index in [0.29, 0.717) is 12.1 Å². The topological polar surface area (TPSA) is 41.1 Å². The average Bonchev–Trinajstić information content (AvgIpc) is 3.12. The Balaban J connectivity index is 1.52. The number of hydrogen-bond acceptors (Lipinski definition) is 2. The summed E-state index contributed by atoms with van der Waals surface area (Å²) < 4.78 is 0. The highest BCUT2D eigenvalue weighted by molar-refractivity contribution is 5.93. The largest absolute Gasteiger partial charge is 0.326 e. The molecule has 2 saturated heterocycles. The van der Waals surface area contributed by atoms with E-state index in [1.54, 1.807) is 0 Å². The lowest BCUT2D eigenvalue weighted by Gasteiger charge is -2.19. The number of rotatable bonds is 6. The fourth-order valence-electron chi connectivity index (χ4n) is 3.68. The normalized spacial score (nSPS) is 27.0. The minimum Gasteiger partial charge on any atom is -0.326 e. The van der Waals surface area contributed by atoms with Crippen LogP contribution in [0.2, 0.25) is 0 Å². The van der Waals surface area contributed by atoms with Crippen LogP contribution in [0.25, 0.3) is 0 Å². The molecule has 21 heavy (non-hydrogen) atoms. The van der Waals surface area contributed by atoms with Crippen LogP contribution in [0.5, 0.6) is 0 Å². The maximum atomic E-state index is 12.3. The van der Waals surface area contributed by atoms with E-state index in [9.17, 15) is 4.79 Å². The van der Waals surface area contributed by atoms with Gasteiger partial charge in [-0.1, -0.05) is 31.9 Å². The van der Waals surface area contributed by atoms with Gasteiger partial charge >= 0.3 is 0 Å². The molecule has 3 nitrogen and oxygen atoms in total. The summed E-state index contributed by atoms with van der Waals surface area (Å²) in [5.41, 5.74) is 2.30. The first-order valence-corrected chi connectivity index (χ1v) is 8.42. The zero-order valence-corrected chi connectivity index (χ0v) is 12.9. The first-order chi connectivity index (χ1) is 10.3. The lowest BCUT2D eigenvalue weighted by Crippen LogP contribution is -2.32. The van der Waals surface area contributed by atoms with Crippen molar-refractivity contribution in [2.45, 2.75) is 64.0 Å². The number of unbranched alkanes of at least 4 members (excludes halogenated alkanes) is 2. The summed E-state index contributed by atoms with van der Waals surface area (Å²) in [4.78, 5) is 12.3. The van der Waals surface area contributed by atoms with E-state index in [-0.39, 0.29) is 11.8 Å². The fourth-order valence-corrected chi connectivity index (χ4v) is 3.68. The summed E-state index contributed by atoms with van der Waals surface area (Å²) in [5, 5.41) is 6.61. The van der Waals surface area contributed by atoms with Gasteiger partial charge < -0.3 is 10.6 Å². The molecule has 0 radical (unpaired) electrons. The van der Waals surface area contributed by atoms with Gasteiger partial charge in [0.15, 0.2) is 0 Å². The van der Waals surface area contributed by atoms with Gasteiger partial charge in [-0.05, 0) is 49.8 Å².